The number of nitrogens with one attached hydrogen (secondary N) is 1. The number of benzene rings is 1. The topological polar surface area (TPSA) is 75.4 Å². The predicted octanol–water partition coefficient (Wildman–Crippen LogP) is 1.90. The zero-order valence-corrected chi connectivity index (χ0v) is 12.6. The van der Waals surface area contributed by atoms with E-state index in [0.29, 0.717) is 11.8 Å². The molecule has 0 aromatic heterocycles. The second-order valence-electron chi connectivity index (χ2n) is 6.07. The molecule has 1 saturated heterocycles. The lowest BCUT2D eigenvalue weighted by Gasteiger charge is -2.39. The molecule has 3 amide bonds. The van der Waals surface area contributed by atoms with E-state index in [4.69, 9.17) is 5.73 Å². The smallest absolute Gasteiger partial charge is 0.318 e. The van der Waals surface area contributed by atoms with Crippen LogP contribution in [0.1, 0.15) is 31.9 Å². The molecule has 0 spiro atoms. The highest BCUT2D eigenvalue weighted by Crippen LogP contribution is 2.29. The Morgan fingerprint density at radius 2 is 1.76 bits per heavy atom. The maximum atomic E-state index is 12.4. The van der Waals surface area contributed by atoms with E-state index in [1.165, 1.54) is 0 Å². The van der Waals surface area contributed by atoms with Crippen molar-refractivity contribution in [3.8, 4) is 0 Å². The molecular formula is C16H23N3O2. The first-order valence-corrected chi connectivity index (χ1v) is 7.36. The van der Waals surface area contributed by atoms with Crippen LogP contribution in [0.3, 0.4) is 0 Å². The van der Waals surface area contributed by atoms with Crippen LogP contribution < -0.4 is 11.1 Å². The standard InChI is InChI=1S/C16H23N3O2/c1-11-8-12(2)10-19(9-11)14(15(20)18-16(17)21)13-6-4-3-5-7-13/h3-7,11-12,14H,8-10H2,1-2H3,(H3,17,18,20,21)/t11-,12-,14-/m0/s1. The molecule has 1 aliphatic rings. The van der Waals surface area contributed by atoms with Gasteiger partial charge in [0.25, 0.3) is 0 Å². The number of amides is 3. The minimum atomic E-state index is -0.806. The Balaban J connectivity index is 2.27. The summed E-state index contributed by atoms with van der Waals surface area (Å²) >= 11 is 0. The summed E-state index contributed by atoms with van der Waals surface area (Å²) in [5.41, 5.74) is 5.99. The fraction of sp³-hybridized carbons (Fsp3) is 0.500. The van der Waals surface area contributed by atoms with E-state index in [1.54, 1.807) is 0 Å². The molecule has 0 unspecified atom stereocenters. The lowest BCUT2D eigenvalue weighted by atomic mass is 9.89. The number of carbonyl (C=O) groups is 2. The summed E-state index contributed by atoms with van der Waals surface area (Å²) in [6.07, 6.45) is 1.16. The van der Waals surface area contributed by atoms with Crippen molar-refractivity contribution >= 4 is 11.9 Å². The number of imide groups is 1. The van der Waals surface area contributed by atoms with E-state index in [2.05, 4.69) is 24.1 Å². The van der Waals surface area contributed by atoms with Crippen LogP contribution in [-0.4, -0.2) is 29.9 Å². The third-order valence-corrected chi connectivity index (χ3v) is 3.87. The molecule has 1 aromatic rings. The molecule has 0 saturated carbocycles. The van der Waals surface area contributed by atoms with Crippen LogP contribution in [0.4, 0.5) is 4.79 Å². The molecule has 114 valence electrons. The van der Waals surface area contributed by atoms with Gasteiger partial charge in [0.15, 0.2) is 0 Å². The minimum Gasteiger partial charge on any atom is -0.351 e. The molecule has 1 fully saturated rings. The number of hydrogen-bond donors (Lipinski definition) is 2. The van der Waals surface area contributed by atoms with Gasteiger partial charge in [-0.15, -0.1) is 0 Å². The zero-order chi connectivity index (χ0) is 15.4. The number of piperidine rings is 1. The first-order valence-electron chi connectivity index (χ1n) is 7.36. The Labute approximate surface area is 125 Å². The van der Waals surface area contributed by atoms with Gasteiger partial charge < -0.3 is 5.73 Å². The van der Waals surface area contributed by atoms with Crippen molar-refractivity contribution in [3.05, 3.63) is 35.9 Å². The van der Waals surface area contributed by atoms with Gasteiger partial charge in [0, 0.05) is 13.1 Å². The number of primary amides is 1. The van der Waals surface area contributed by atoms with Gasteiger partial charge in [-0.2, -0.15) is 0 Å². The second-order valence-corrected chi connectivity index (χ2v) is 6.07. The lowest BCUT2D eigenvalue weighted by molar-refractivity contribution is -0.126. The fourth-order valence-electron chi connectivity index (χ4n) is 3.28. The van der Waals surface area contributed by atoms with Gasteiger partial charge in [-0.05, 0) is 23.8 Å². The first kappa shape index (κ1) is 15.5. The van der Waals surface area contributed by atoms with Crippen LogP contribution in [0.15, 0.2) is 30.3 Å². The van der Waals surface area contributed by atoms with Gasteiger partial charge in [-0.3, -0.25) is 15.0 Å². The fourth-order valence-corrected chi connectivity index (χ4v) is 3.28. The lowest BCUT2D eigenvalue weighted by Crippen LogP contribution is -2.49. The zero-order valence-electron chi connectivity index (χ0n) is 12.6. The first-order chi connectivity index (χ1) is 9.97. The molecule has 2 rings (SSSR count). The number of nitrogens with zero attached hydrogens (tertiary/aromatic N) is 1. The Kier molecular flexibility index (Phi) is 4.96. The van der Waals surface area contributed by atoms with Gasteiger partial charge in [-0.1, -0.05) is 44.2 Å². The van der Waals surface area contributed by atoms with Gasteiger partial charge >= 0.3 is 6.03 Å². The normalized spacial score (nSPS) is 24.3. The van der Waals surface area contributed by atoms with Crippen LogP contribution in [0.2, 0.25) is 0 Å². The monoisotopic (exact) mass is 289 g/mol. The molecular weight excluding hydrogens is 266 g/mol. The number of hydrogen-bond acceptors (Lipinski definition) is 3. The summed E-state index contributed by atoms with van der Waals surface area (Å²) in [7, 11) is 0. The van der Waals surface area contributed by atoms with Crippen LogP contribution in [-0.2, 0) is 4.79 Å². The number of likely N-dealkylation sites (tertiary alicyclic amines) is 1. The number of rotatable bonds is 3. The largest absolute Gasteiger partial charge is 0.351 e. The van der Waals surface area contributed by atoms with Crippen LogP contribution in [0.5, 0.6) is 0 Å². The van der Waals surface area contributed by atoms with Crippen molar-refractivity contribution in [1.29, 1.82) is 0 Å². The highest BCUT2D eigenvalue weighted by molar-refractivity contribution is 5.96. The maximum absolute atomic E-state index is 12.4. The Morgan fingerprint density at radius 3 is 2.29 bits per heavy atom. The molecule has 21 heavy (non-hydrogen) atoms. The van der Waals surface area contributed by atoms with Crippen molar-refractivity contribution in [2.75, 3.05) is 13.1 Å². The second kappa shape index (κ2) is 6.72. The Morgan fingerprint density at radius 1 is 1.19 bits per heavy atom. The van der Waals surface area contributed by atoms with Gasteiger partial charge in [-0.25, -0.2) is 4.79 Å². The summed E-state index contributed by atoms with van der Waals surface area (Å²) < 4.78 is 0. The Bertz CT molecular complexity index is 494. The number of carbonyl (C=O) groups excluding carboxylic acids is 2. The molecule has 3 N–H and O–H groups in total. The molecule has 3 atom stereocenters. The van der Waals surface area contributed by atoms with Crippen molar-refractivity contribution < 1.29 is 9.59 Å². The number of nitrogens with two attached hydrogens (primary N) is 1. The molecule has 0 bridgehead atoms. The van der Waals surface area contributed by atoms with E-state index >= 15 is 0 Å². The summed E-state index contributed by atoms with van der Waals surface area (Å²) in [6, 6.07) is 8.26. The summed E-state index contributed by atoms with van der Waals surface area (Å²) in [4.78, 5) is 25.6. The third-order valence-electron chi connectivity index (χ3n) is 3.87. The third kappa shape index (κ3) is 4.04. The van der Waals surface area contributed by atoms with E-state index in [9.17, 15) is 9.59 Å². The van der Waals surface area contributed by atoms with Crippen molar-refractivity contribution in [1.82, 2.24) is 10.2 Å². The summed E-state index contributed by atoms with van der Waals surface area (Å²) in [5.74, 6) is 0.706. The predicted molar refractivity (Wildman–Crippen MR) is 81.4 cm³/mol. The van der Waals surface area contributed by atoms with Gasteiger partial charge in [0.2, 0.25) is 5.91 Å². The van der Waals surface area contributed by atoms with Crippen LogP contribution in [0, 0.1) is 11.8 Å². The average molecular weight is 289 g/mol. The molecule has 0 aliphatic carbocycles. The molecule has 5 heteroatoms. The molecule has 1 heterocycles. The molecule has 1 aromatic carbocycles. The minimum absolute atomic E-state index is 0.352. The van der Waals surface area contributed by atoms with E-state index in [-0.39, 0.29) is 5.91 Å². The number of urea groups is 1. The van der Waals surface area contributed by atoms with E-state index < -0.39 is 12.1 Å². The van der Waals surface area contributed by atoms with Gasteiger partial charge in [0.05, 0.1) is 0 Å². The van der Waals surface area contributed by atoms with Crippen molar-refractivity contribution in [2.45, 2.75) is 26.3 Å². The average Bonchev–Trinajstić information content (AvgIpc) is 2.38. The highest BCUT2D eigenvalue weighted by atomic mass is 16.2. The molecule has 1 aliphatic heterocycles. The van der Waals surface area contributed by atoms with E-state index in [1.807, 2.05) is 30.3 Å². The summed E-state index contributed by atoms with van der Waals surface area (Å²) in [6.45, 7) is 6.07. The van der Waals surface area contributed by atoms with Crippen LogP contribution in [0.25, 0.3) is 0 Å². The van der Waals surface area contributed by atoms with Gasteiger partial charge in [0.1, 0.15) is 6.04 Å². The van der Waals surface area contributed by atoms with E-state index in [0.717, 1.165) is 25.1 Å². The molecule has 0 radical (unpaired) electrons. The van der Waals surface area contributed by atoms with Crippen LogP contribution >= 0.6 is 0 Å². The Hall–Kier alpha value is -1.88. The molecule has 5 nitrogen and oxygen atoms in total. The van der Waals surface area contributed by atoms with Crippen molar-refractivity contribution in [2.24, 2.45) is 17.6 Å². The maximum Gasteiger partial charge on any atom is 0.318 e. The highest BCUT2D eigenvalue weighted by Gasteiger charge is 2.33. The van der Waals surface area contributed by atoms with Crippen molar-refractivity contribution in [3.63, 3.8) is 0 Å². The SMILES string of the molecule is C[C@H]1C[C@H](C)CN([C@H](C(=O)NC(N)=O)c2ccccc2)C1. The quantitative estimate of drug-likeness (QED) is 0.892. The summed E-state index contributed by atoms with van der Waals surface area (Å²) in [5, 5.41) is 2.23.